The zero-order chi connectivity index (χ0) is 18.3. The van der Waals surface area contributed by atoms with Crippen LogP contribution in [-0.4, -0.2) is 12.6 Å². The van der Waals surface area contributed by atoms with Gasteiger partial charge < -0.3 is 9.47 Å². The van der Waals surface area contributed by atoms with Gasteiger partial charge in [0.1, 0.15) is 12.4 Å². The summed E-state index contributed by atoms with van der Waals surface area (Å²) in [5, 5.41) is 0. The minimum absolute atomic E-state index is 0.332. The first-order valence-electron chi connectivity index (χ1n) is 8.56. The van der Waals surface area contributed by atoms with E-state index in [1.165, 1.54) is 6.08 Å². The van der Waals surface area contributed by atoms with Gasteiger partial charge in [-0.25, -0.2) is 4.79 Å². The highest BCUT2D eigenvalue weighted by atomic mass is 16.5. The van der Waals surface area contributed by atoms with Gasteiger partial charge in [0.05, 0.1) is 6.61 Å². The van der Waals surface area contributed by atoms with Gasteiger partial charge in [0.2, 0.25) is 0 Å². The summed E-state index contributed by atoms with van der Waals surface area (Å²) in [4.78, 5) is 11.1. The molecule has 2 aromatic rings. The zero-order valence-electron chi connectivity index (χ0n) is 15.1. The third-order valence-electron chi connectivity index (χ3n) is 3.05. The standard InChI is InChI=1S/C20H20O3.C2H6/c1-2-22-20(21)11-7-6-8-17-12-14-19(15-13-17)23-16-18-9-4-3-5-10-18;1-2/h3-15H,2,16H2,1H3;1-2H3/b8-6+,11-7+;. The van der Waals surface area contributed by atoms with Crippen molar-refractivity contribution in [3.63, 3.8) is 0 Å². The Morgan fingerprint density at radius 3 is 2.28 bits per heavy atom. The lowest BCUT2D eigenvalue weighted by Crippen LogP contribution is -1.98. The van der Waals surface area contributed by atoms with Gasteiger partial charge in [-0.05, 0) is 30.2 Å². The minimum Gasteiger partial charge on any atom is -0.489 e. The Balaban J connectivity index is 0.00000151. The molecule has 3 nitrogen and oxygen atoms in total. The highest BCUT2D eigenvalue weighted by molar-refractivity contribution is 5.82. The maximum atomic E-state index is 11.1. The van der Waals surface area contributed by atoms with E-state index in [-0.39, 0.29) is 5.97 Å². The van der Waals surface area contributed by atoms with Crippen LogP contribution in [0.4, 0.5) is 0 Å². The van der Waals surface area contributed by atoms with E-state index in [4.69, 9.17) is 9.47 Å². The molecule has 0 unspecified atom stereocenters. The number of allylic oxidation sites excluding steroid dienone is 2. The highest BCUT2D eigenvalue weighted by Gasteiger charge is 1.95. The van der Waals surface area contributed by atoms with Crippen molar-refractivity contribution < 1.29 is 14.3 Å². The molecule has 0 saturated carbocycles. The number of ether oxygens (including phenoxy) is 2. The smallest absolute Gasteiger partial charge is 0.330 e. The summed E-state index contributed by atoms with van der Waals surface area (Å²) in [6, 6.07) is 17.8. The van der Waals surface area contributed by atoms with Crippen molar-refractivity contribution in [2.45, 2.75) is 27.4 Å². The fourth-order valence-electron chi connectivity index (χ4n) is 1.91. The maximum Gasteiger partial charge on any atom is 0.330 e. The predicted octanol–water partition coefficient (Wildman–Crippen LogP) is 5.42. The topological polar surface area (TPSA) is 35.5 Å². The third kappa shape index (κ3) is 8.56. The van der Waals surface area contributed by atoms with Crippen molar-refractivity contribution in [3.05, 3.63) is 84.0 Å². The van der Waals surface area contributed by atoms with E-state index in [1.807, 2.05) is 74.5 Å². The van der Waals surface area contributed by atoms with Crippen LogP contribution in [0, 0.1) is 0 Å². The molecule has 2 rings (SSSR count). The zero-order valence-corrected chi connectivity index (χ0v) is 15.1. The molecule has 25 heavy (non-hydrogen) atoms. The SMILES string of the molecule is CC.CCOC(=O)/C=C/C=C/c1ccc(OCc2ccccc2)cc1. The number of hydrogen-bond donors (Lipinski definition) is 0. The molecule has 0 aliphatic rings. The number of carbonyl (C=O) groups excluding carboxylic acids is 1. The van der Waals surface area contributed by atoms with Gasteiger partial charge in [-0.1, -0.05) is 74.5 Å². The van der Waals surface area contributed by atoms with Gasteiger partial charge in [-0.15, -0.1) is 0 Å². The fourth-order valence-corrected chi connectivity index (χ4v) is 1.91. The van der Waals surface area contributed by atoms with Crippen LogP contribution >= 0.6 is 0 Å². The molecule has 0 amide bonds. The Bertz CT molecular complexity index is 655. The van der Waals surface area contributed by atoms with Crippen LogP contribution in [0.5, 0.6) is 5.75 Å². The minimum atomic E-state index is -0.332. The Morgan fingerprint density at radius 1 is 0.960 bits per heavy atom. The lowest BCUT2D eigenvalue weighted by Gasteiger charge is -2.06. The molecular formula is C22H26O3. The van der Waals surface area contributed by atoms with E-state index in [1.54, 1.807) is 19.1 Å². The number of esters is 1. The summed E-state index contributed by atoms with van der Waals surface area (Å²) in [6.07, 6.45) is 6.78. The summed E-state index contributed by atoms with van der Waals surface area (Å²) in [5.41, 5.74) is 2.17. The maximum absolute atomic E-state index is 11.1. The van der Waals surface area contributed by atoms with Gasteiger partial charge >= 0.3 is 5.97 Å². The predicted molar refractivity (Wildman–Crippen MR) is 103 cm³/mol. The fraction of sp³-hybridized carbons (Fsp3) is 0.227. The second kappa shape index (κ2) is 12.6. The molecule has 0 aromatic heterocycles. The van der Waals surface area contributed by atoms with Crippen LogP contribution < -0.4 is 4.74 Å². The average Bonchev–Trinajstić information content (AvgIpc) is 2.67. The molecule has 0 fully saturated rings. The van der Waals surface area contributed by atoms with E-state index in [0.717, 1.165) is 16.9 Å². The van der Waals surface area contributed by atoms with Gasteiger partial charge in [-0.3, -0.25) is 0 Å². The van der Waals surface area contributed by atoms with Crippen molar-refractivity contribution in [1.82, 2.24) is 0 Å². The second-order valence-electron chi connectivity index (χ2n) is 4.81. The Kier molecular flexibility index (Phi) is 10.2. The number of rotatable bonds is 7. The first-order chi connectivity index (χ1) is 12.3. The molecule has 0 aliphatic carbocycles. The molecule has 0 aliphatic heterocycles. The molecule has 132 valence electrons. The largest absolute Gasteiger partial charge is 0.489 e. The van der Waals surface area contributed by atoms with E-state index >= 15 is 0 Å². The van der Waals surface area contributed by atoms with E-state index in [0.29, 0.717) is 13.2 Å². The van der Waals surface area contributed by atoms with Crippen LogP contribution in [0.25, 0.3) is 6.08 Å². The van der Waals surface area contributed by atoms with Crippen molar-refractivity contribution in [2.75, 3.05) is 6.61 Å². The second-order valence-corrected chi connectivity index (χ2v) is 4.81. The lowest BCUT2D eigenvalue weighted by atomic mass is 10.2. The molecule has 0 N–H and O–H groups in total. The Labute approximate surface area is 150 Å². The molecule has 0 bridgehead atoms. The van der Waals surface area contributed by atoms with Crippen molar-refractivity contribution in [2.24, 2.45) is 0 Å². The average molecular weight is 338 g/mol. The van der Waals surface area contributed by atoms with Crippen LogP contribution in [0.1, 0.15) is 31.9 Å². The summed E-state index contributed by atoms with van der Waals surface area (Å²) in [6.45, 7) is 6.72. The molecular weight excluding hydrogens is 312 g/mol. The van der Waals surface area contributed by atoms with Gasteiger partial charge in [0, 0.05) is 6.08 Å². The van der Waals surface area contributed by atoms with Crippen LogP contribution in [-0.2, 0) is 16.1 Å². The van der Waals surface area contributed by atoms with E-state index in [2.05, 4.69) is 0 Å². The molecule has 0 atom stereocenters. The Hall–Kier alpha value is -2.81. The molecule has 0 radical (unpaired) electrons. The quantitative estimate of drug-likeness (QED) is 0.384. The lowest BCUT2D eigenvalue weighted by molar-refractivity contribution is -0.137. The normalized spacial score (nSPS) is 10.4. The van der Waals surface area contributed by atoms with Crippen molar-refractivity contribution in [1.29, 1.82) is 0 Å². The third-order valence-corrected chi connectivity index (χ3v) is 3.05. The highest BCUT2D eigenvalue weighted by Crippen LogP contribution is 2.15. The number of benzene rings is 2. The molecule has 2 aromatic carbocycles. The van der Waals surface area contributed by atoms with Crippen LogP contribution in [0.2, 0.25) is 0 Å². The molecule has 0 spiro atoms. The van der Waals surface area contributed by atoms with E-state index < -0.39 is 0 Å². The van der Waals surface area contributed by atoms with Crippen molar-refractivity contribution >= 4 is 12.0 Å². The number of hydrogen-bond acceptors (Lipinski definition) is 3. The molecule has 0 heterocycles. The van der Waals surface area contributed by atoms with Gasteiger partial charge in [0.25, 0.3) is 0 Å². The Morgan fingerprint density at radius 2 is 1.64 bits per heavy atom. The summed E-state index contributed by atoms with van der Waals surface area (Å²) in [5.74, 6) is 0.495. The van der Waals surface area contributed by atoms with Crippen molar-refractivity contribution in [3.8, 4) is 5.75 Å². The first-order valence-corrected chi connectivity index (χ1v) is 8.56. The number of carbonyl (C=O) groups is 1. The first kappa shape index (κ1) is 20.2. The summed E-state index contributed by atoms with van der Waals surface area (Å²) in [7, 11) is 0. The van der Waals surface area contributed by atoms with Crippen LogP contribution in [0.15, 0.2) is 72.8 Å². The van der Waals surface area contributed by atoms with Crippen LogP contribution in [0.3, 0.4) is 0 Å². The van der Waals surface area contributed by atoms with Gasteiger partial charge in [0.15, 0.2) is 0 Å². The summed E-state index contributed by atoms with van der Waals surface area (Å²) >= 11 is 0. The summed E-state index contributed by atoms with van der Waals surface area (Å²) < 4.78 is 10.5. The van der Waals surface area contributed by atoms with Gasteiger partial charge in [-0.2, -0.15) is 0 Å². The monoisotopic (exact) mass is 338 g/mol. The molecule has 3 heteroatoms. The molecule has 0 saturated heterocycles. The van der Waals surface area contributed by atoms with E-state index in [9.17, 15) is 4.79 Å².